The SMILES string of the molecule is O=C(O)C1(c2ccc(C3(O)CC3)cc2)CCCC1. The lowest BCUT2D eigenvalue weighted by Crippen LogP contribution is -2.32. The van der Waals surface area contributed by atoms with Crippen LogP contribution in [0, 0.1) is 0 Å². The Labute approximate surface area is 106 Å². The maximum absolute atomic E-state index is 11.6. The second-order valence-electron chi connectivity index (χ2n) is 5.70. The third-order valence-electron chi connectivity index (χ3n) is 4.56. The maximum atomic E-state index is 11.6. The van der Waals surface area contributed by atoms with Crippen LogP contribution in [0.15, 0.2) is 24.3 Å². The number of carbonyl (C=O) groups is 1. The first-order valence-corrected chi connectivity index (χ1v) is 6.64. The van der Waals surface area contributed by atoms with Gasteiger partial charge in [-0.2, -0.15) is 0 Å². The summed E-state index contributed by atoms with van der Waals surface area (Å²) in [6.45, 7) is 0. The molecule has 96 valence electrons. The quantitative estimate of drug-likeness (QED) is 0.861. The Kier molecular flexibility index (Phi) is 2.49. The van der Waals surface area contributed by atoms with E-state index in [0.717, 1.165) is 49.7 Å². The second-order valence-corrected chi connectivity index (χ2v) is 5.70. The highest BCUT2D eigenvalue weighted by Crippen LogP contribution is 2.46. The van der Waals surface area contributed by atoms with Crippen LogP contribution in [0.1, 0.15) is 49.7 Å². The zero-order chi connectivity index (χ0) is 12.8. The average molecular weight is 246 g/mol. The minimum absolute atomic E-state index is 0.634. The summed E-state index contributed by atoms with van der Waals surface area (Å²) < 4.78 is 0. The van der Waals surface area contributed by atoms with Crippen LogP contribution < -0.4 is 0 Å². The molecule has 0 aromatic heterocycles. The smallest absolute Gasteiger partial charge is 0.314 e. The first-order valence-electron chi connectivity index (χ1n) is 6.64. The van der Waals surface area contributed by atoms with Gasteiger partial charge in [-0.3, -0.25) is 4.79 Å². The first-order chi connectivity index (χ1) is 8.57. The van der Waals surface area contributed by atoms with E-state index >= 15 is 0 Å². The van der Waals surface area contributed by atoms with Crippen molar-refractivity contribution in [2.24, 2.45) is 0 Å². The molecule has 0 heterocycles. The lowest BCUT2D eigenvalue weighted by atomic mass is 9.78. The molecule has 18 heavy (non-hydrogen) atoms. The van der Waals surface area contributed by atoms with Gasteiger partial charge in [0, 0.05) is 0 Å². The summed E-state index contributed by atoms with van der Waals surface area (Å²) in [4.78, 5) is 11.6. The lowest BCUT2D eigenvalue weighted by Gasteiger charge is -2.24. The van der Waals surface area contributed by atoms with Crippen molar-refractivity contribution in [1.29, 1.82) is 0 Å². The highest BCUT2D eigenvalue weighted by atomic mass is 16.4. The van der Waals surface area contributed by atoms with Crippen molar-refractivity contribution in [3.8, 4) is 0 Å². The molecular formula is C15H18O3. The molecule has 0 spiro atoms. The molecular weight excluding hydrogens is 228 g/mol. The van der Waals surface area contributed by atoms with Gasteiger partial charge in [0.05, 0.1) is 11.0 Å². The van der Waals surface area contributed by atoms with E-state index in [1.165, 1.54) is 0 Å². The molecule has 1 aromatic carbocycles. The van der Waals surface area contributed by atoms with Gasteiger partial charge in [-0.25, -0.2) is 0 Å². The molecule has 0 atom stereocenters. The van der Waals surface area contributed by atoms with E-state index < -0.39 is 17.0 Å². The van der Waals surface area contributed by atoms with Crippen molar-refractivity contribution < 1.29 is 15.0 Å². The number of aliphatic carboxylic acids is 1. The molecule has 0 bridgehead atoms. The Morgan fingerprint density at radius 2 is 1.44 bits per heavy atom. The molecule has 0 unspecified atom stereocenters. The van der Waals surface area contributed by atoms with Crippen molar-refractivity contribution in [2.45, 2.75) is 49.5 Å². The Morgan fingerprint density at radius 1 is 0.944 bits per heavy atom. The van der Waals surface area contributed by atoms with Crippen molar-refractivity contribution in [1.82, 2.24) is 0 Å². The van der Waals surface area contributed by atoms with Gasteiger partial charge in [-0.15, -0.1) is 0 Å². The van der Waals surface area contributed by atoms with Gasteiger partial charge in [-0.1, -0.05) is 37.1 Å². The van der Waals surface area contributed by atoms with Gasteiger partial charge in [0.25, 0.3) is 0 Å². The zero-order valence-corrected chi connectivity index (χ0v) is 10.4. The molecule has 1 aromatic rings. The number of rotatable bonds is 3. The Morgan fingerprint density at radius 3 is 1.89 bits per heavy atom. The van der Waals surface area contributed by atoms with Crippen LogP contribution in [0.2, 0.25) is 0 Å². The topological polar surface area (TPSA) is 57.5 Å². The lowest BCUT2D eigenvalue weighted by molar-refractivity contribution is -0.143. The monoisotopic (exact) mass is 246 g/mol. The molecule has 2 aliphatic rings. The van der Waals surface area contributed by atoms with Gasteiger partial charge in [-0.05, 0) is 36.8 Å². The van der Waals surface area contributed by atoms with E-state index in [1.807, 2.05) is 24.3 Å². The highest BCUT2D eigenvalue weighted by Gasteiger charge is 2.44. The molecule has 2 N–H and O–H groups in total. The normalized spacial score (nSPS) is 23.8. The molecule has 3 nitrogen and oxygen atoms in total. The molecule has 2 aliphatic carbocycles. The molecule has 3 rings (SSSR count). The molecule has 3 heteroatoms. The minimum Gasteiger partial charge on any atom is -0.481 e. The van der Waals surface area contributed by atoms with Crippen molar-refractivity contribution in [3.63, 3.8) is 0 Å². The summed E-state index contributed by atoms with van der Waals surface area (Å²) in [6, 6.07) is 7.58. The third-order valence-corrected chi connectivity index (χ3v) is 4.56. The molecule has 0 saturated heterocycles. The molecule has 0 amide bonds. The summed E-state index contributed by atoms with van der Waals surface area (Å²) in [6.07, 6.45) is 5.06. The summed E-state index contributed by atoms with van der Waals surface area (Å²) in [5, 5.41) is 19.5. The zero-order valence-electron chi connectivity index (χ0n) is 10.4. The predicted molar refractivity (Wildman–Crippen MR) is 67.4 cm³/mol. The van der Waals surface area contributed by atoms with E-state index in [1.54, 1.807) is 0 Å². The van der Waals surface area contributed by atoms with E-state index in [-0.39, 0.29) is 0 Å². The third kappa shape index (κ3) is 1.65. The molecule has 2 saturated carbocycles. The largest absolute Gasteiger partial charge is 0.481 e. The van der Waals surface area contributed by atoms with Crippen molar-refractivity contribution in [3.05, 3.63) is 35.4 Å². The van der Waals surface area contributed by atoms with E-state index in [4.69, 9.17) is 0 Å². The van der Waals surface area contributed by atoms with Gasteiger partial charge in [0.1, 0.15) is 0 Å². The summed E-state index contributed by atoms with van der Waals surface area (Å²) in [5.74, 6) is -0.710. The highest BCUT2D eigenvalue weighted by molar-refractivity contribution is 5.81. The number of carboxylic acids is 1. The molecule has 0 aliphatic heterocycles. The van der Waals surface area contributed by atoms with Gasteiger partial charge >= 0.3 is 5.97 Å². The Balaban J connectivity index is 1.94. The Bertz CT molecular complexity index is 465. The van der Waals surface area contributed by atoms with Gasteiger partial charge < -0.3 is 10.2 Å². The van der Waals surface area contributed by atoms with E-state index in [9.17, 15) is 15.0 Å². The van der Waals surface area contributed by atoms with Gasteiger partial charge in [0.15, 0.2) is 0 Å². The molecule has 2 fully saturated rings. The predicted octanol–water partition coefficient (Wildman–Crippen LogP) is 2.56. The van der Waals surface area contributed by atoms with Crippen LogP contribution in [0.5, 0.6) is 0 Å². The number of aliphatic hydroxyl groups is 1. The number of carboxylic acid groups (broad SMARTS) is 1. The van der Waals surface area contributed by atoms with E-state index in [2.05, 4.69) is 0 Å². The van der Waals surface area contributed by atoms with Crippen LogP contribution in [-0.2, 0) is 15.8 Å². The van der Waals surface area contributed by atoms with Crippen LogP contribution in [-0.4, -0.2) is 16.2 Å². The average Bonchev–Trinajstić information content (AvgIpc) is 2.95. The van der Waals surface area contributed by atoms with Gasteiger partial charge in [0.2, 0.25) is 0 Å². The summed E-state index contributed by atoms with van der Waals surface area (Å²) in [7, 11) is 0. The minimum atomic E-state index is -0.710. The number of benzene rings is 1. The summed E-state index contributed by atoms with van der Waals surface area (Å²) >= 11 is 0. The van der Waals surface area contributed by atoms with Crippen LogP contribution in [0.25, 0.3) is 0 Å². The van der Waals surface area contributed by atoms with E-state index in [0.29, 0.717) is 0 Å². The fraction of sp³-hybridized carbons (Fsp3) is 0.533. The second kappa shape index (κ2) is 3.82. The fourth-order valence-corrected chi connectivity index (χ4v) is 3.11. The fourth-order valence-electron chi connectivity index (χ4n) is 3.11. The van der Waals surface area contributed by atoms with Crippen LogP contribution >= 0.6 is 0 Å². The van der Waals surface area contributed by atoms with Crippen LogP contribution in [0.3, 0.4) is 0 Å². The number of hydrogen-bond acceptors (Lipinski definition) is 2. The standard InChI is InChI=1S/C15H18O3/c16-13(17)14(7-1-2-8-14)11-3-5-12(6-4-11)15(18)9-10-15/h3-6,18H,1-2,7-10H2,(H,16,17). The van der Waals surface area contributed by atoms with Crippen molar-refractivity contribution >= 4 is 5.97 Å². The Hall–Kier alpha value is -1.35. The molecule has 0 radical (unpaired) electrons. The first kappa shape index (κ1) is 11.7. The summed E-state index contributed by atoms with van der Waals surface area (Å²) in [5.41, 5.74) is 0.486. The number of hydrogen-bond donors (Lipinski definition) is 2. The maximum Gasteiger partial charge on any atom is 0.314 e. The van der Waals surface area contributed by atoms with Crippen molar-refractivity contribution in [2.75, 3.05) is 0 Å². The van der Waals surface area contributed by atoms with Crippen LogP contribution in [0.4, 0.5) is 0 Å².